The molecular formula is C10H8F4O2. The maximum absolute atomic E-state index is 13.2. The van der Waals surface area contributed by atoms with Crippen molar-refractivity contribution in [1.29, 1.82) is 0 Å². The van der Waals surface area contributed by atoms with Crippen molar-refractivity contribution in [1.82, 2.24) is 0 Å². The SMILES string of the molecule is CCOc1c(F)cc(C=O)cc1C(F)(F)F. The second-order valence-electron chi connectivity index (χ2n) is 2.93. The molecule has 0 atom stereocenters. The van der Waals surface area contributed by atoms with Crippen molar-refractivity contribution in [2.75, 3.05) is 6.61 Å². The summed E-state index contributed by atoms with van der Waals surface area (Å²) in [4.78, 5) is 10.3. The van der Waals surface area contributed by atoms with Gasteiger partial charge in [-0.15, -0.1) is 0 Å². The Kier molecular flexibility index (Phi) is 3.51. The maximum atomic E-state index is 13.2. The van der Waals surface area contributed by atoms with Crippen LogP contribution in [0, 0.1) is 5.82 Å². The van der Waals surface area contributed by atoms with Gasteiger partial charge in [-0.25, -0.2) is 4.39 Å². The zero-order valence-corrected chi connectivity index (χ0v) is 8.27. The number of hydrogen-bond donors (Lipinski definition) is 0. The summed E-state index contributed by atoms with van der Waals surface area (Å²) in [5.41, 5.74) is -1.66. The monoisotopic (exact) mass is 236 g/mol. The van der Waals surface area contributed by atoms with Crippen molar-refractivity contribution >= 4 is 6.29 Å². The molecule has 0 aliphatic rings. The van der Waals surface area contributed by atoms with Crippen LogP contribution in [0.5, 0.6) is 5.75 Å². The number of carbonyl (C=O) groups is 1. The molecule has 0 heterocycles. The smallest absolute Gasteiger partial charge is 0.420 e. The first kappa shape index (κ1) is 12.5. The van der Waals surface area contributed by atoms with E-state index in [0.717, 1.165) is 0 Å². The van der Waals surface area contributed by atoms with Crippen LogP contribution < -0.4 is 4.74 Å². The molecule has 0 amide bonds. The molecule has 0 N–H and O–H groups in total. The number of alkyl halides is 3. The minimum absolute atomic E-state index is 0.0968. The van der Waals surface area contributed by atoms with Gasteiger partial charge >= 0.3 is 6.18 Å². The number of benzene rings is 1. The fourth-order valence-electron chi connectivity index (χ4n) is 1.18. The summed E-state index contributed by atoms with van der Waals surface area (Å²) < 4.78 is 55.3. The van der Waals surface area contributed by atoms with Crippen molar-refractivity contribution in [3.05, 3.63) is 29.1 Å². The molecule has 0 aliphatic carbocycles. The lowest BCUT2D eigenvalue weighted by Crippen LogP contribution is -2.11. The van der Waals surface area contributed by atoms with E-state index in [9.17, 15) is 22.4 Å². The van der Waals surface area contributed by atoms with Gasteiger partial charge in [-0.3, -0.25) is 4.79 Å². The standard InChI is InChI=1S/C10H8F4O2/c1-2-16-9-7(10(12,13)14)3-6(5-15)4-8(9)11/h3-5H,2H2,1H3. The number of halogens is 4. The van der Waals surface area contributed by atoms with E-state index in [1.807, 2.05) is 0 Å². The van der Waals surface area contributed by atoms with Gasteiger partial charge in [0, 0.05) is 5.56 Å². The van der Waals surface area contributed by atoms with Gasteiger partial charge in [0.1, 0.15) is 11.8 Å². The molecule has 0 spiro atoms. The molecule has 0 saturated carbocycles. The van der Waals surface area contributed by atoms with Crippen LogP contribution in [0.25, 0.3) is 0 Å². The van der Waals surface area contributed by atoms with Gasteiger partial charge in [0.2, 0.25) is 0 Å². The van der Waals surface area contributed by atoms with E-state index in [0.29, 0.717) is 12.1 Å². The molecule has 0 saturated heterocycles. The molecule has 1 aromatic rings. The van der Waals surface area contributed by atoms with Crippen molar-refractivity contribution in [2.45, 2.75) is 13.1 Å². The first-order valence-corrected chi connectivity index (χ1v) is 4.38. The van der Waals surface area contributed by atoms with Gasteiger partial charge in [-0.1, -0.05) is 0 Å². The Balaban J connectivity index is 3.40. The quantitative estimate of drug-likeness (QED) is 0.595. The van der Waals surface area contributed by atoms with Crippen LogP contribution >= 0.6 is 0 Å². The minimum Gasteiger partial charge on any atom is -0.490 e. The number of rotatable bonds is 3. The first-order valence-electron chi connectivity index (χ1n) is 4.38. The maximum Gasteiger partial charge on any atom is 0.420 e. The van der Waals surface area contributed by atoms with Crippen LogP contribution in [-0.4, -0.2) is 12.9 Å². The molecule has 0 bridgehead atoms. The number of carbonyl (C=O) groups excluding carboxylic acids is 1. The molecule has 0 unspecified atom stereocenters. The van der Waals surface area contributed by atoms with E-state index in [1.165, 1.54) is 6.92 Å². The van der Waals surface area contributed by atoms with E-state index in [2.05, 4.69) is 4.74 Å². The first-order chi connectivity index (χ1) is 7.40. The third-order valence-electron chi connectivity index (χ3n) is 1.80. The van der Waals surface area contributed by atoms with Crippen LogP contribution in [0.2, 0.25) is 0 Å². The Bertz CT molecular complexity index is 399. The highest BCUT2D eigenvalue weighted by atomic mass is 19.4. The lowest BCUT2D eigenvalue weighted by molar-refractivity contribution is -0.139. The van der Waals surface area contributed by atoms with Gasteiger partial charge in [-0.2, -0.15) is 13.2 Å². The van der Waals surface area contributed by atoms with Gasteiger partial charge in [0.25, 0.3) is 0 Å². The minimum atomic E-state index is -4.76. The molecule has 0 radical (unpaired) electrons. The summed E-state index contributed by atoms with van der Waals surface area (Å²) >= 11 is 0. The lowest BCUT2D eigenvalue weighted by Gasteiger charge is -2.14. The van der Waals surface area contributed by atoms with Crippen LogP contribution in [0.3, 0.4) is 0 Å². The van der Waals surface area contributed by atoms with E-state index in [4.69, 9.17) is 0 Å². The second kappa shape index (κ2) is 4.51. The summed E-state index contributed by atoms with van der Waals surface area (Å²) in [5.74, 6) is -2.07. The average molecular weight is 236 g/mol. The molecule has 0 aromatic heterocycles. The Labute approximate surface area is 88.8 Å². The molecule has 6 heteroatoms. The van der Waals surface area contributed by atoms with Crippen LogP contribution in [0.4, 0.5) is 17.6 Å². The molecule has 88 valence electrons. The molecule has 0 aliphatic heterocycles. The van der Waals surface area contributed by atoms with Crippen molar-refractivity contribution in [3.63, 3.8) is 0 Å². The van der Waals surface area contributed by atoms with Crippen molar-refractivity contribution in [2.24, 2.45) is 0 Å². The Morgan fingerprint density at radius 2 is 2.00 bits per heavy atom. The molecule has 16 heavy (non-hydrogen) atoms. The van der Waals surface area contributed by atoms with Crippen LogP contribution in [-0.2, 0) is 6.18 Å². The fourth-order valence-corrected chi connectivity index (χ4v) is 1.18. The van der Waals surface area contributed by atoms with E-state index < -0.39 is 23.3 Å². The van der Waals surface area contributed by atoms with E-state index >= 15 is 0 Å². The molecular weight excluding hydrogens is 228 g/mol. The Morgan fingerprint density at radius 1 is 1.38 bits per heavy atom. The van der Waals surface area contributed by atoms with Crippen molar-refractivity contribution < 1.29 is 27.1 Å². The third kappa shape index (κ3) is 2.50. The highest BCUT2D eigenvalue weighted by Crippen LogP contribution is 2.38. The van der Waals surface area contributed by atoms with Gasteiger partial charge in [0.05, 0.1) is 6.61 Å². The van der Waals surface area contributed by atoms with Gasteiger partial charge in [0.15, 0.2) is 11.6 Å². The van der Waals surface area contributed by atoms with E-state index in [-0.39, 0.29) is 18.5 Å². The van der Waals surface area contributed by atoms with Crippen LogP contribution in [0.1, 0.15) is 22.8 Å². The predicted molar refractivity (Wildman–Crippen MR) is 48.0 cm³/mol. The predicted octanol–water partition coefficient (Wildman–Crippen LogP) is 3.06. The Hall–Kier alpha value is -1.59. The lowest BCUT2D eigenvalue weighted by atomic mass is 10.1. The number of aldehydes is 1. The second-order valence-corrected chi connectivity index (χ2v) is 2.93. The average Bonchev–Trinajstić information content (AvgIpc) is 2.19. The highest BCUT2D eigenvalue weighted by Gasteiger charge is 2.36. The third-order valence-corrected chi connectivity index (χ3v) is 1.80. The van der Waals surface area contributed by atoms with Crippen molar-refractivity contribution in [3.8, 4) is 5.75 Å². The topological polar surface area (TPSA) is 26.3 Å². The largest absolute Gasteiger partial charge is 0.490 e. The summed E-state index contributed by atoms with van der Waals surface area (Å²) in [6, 6.07) is 1.26. The van der Waals surface area contributed by atoms with E-state index in [1.54, 1.807) is 0 Å². The molecule has 2 nitrogen and oxygen atoms in total. The zero-order valence-electron chi connectivity index (χ0n) is 8.27. The van der Waals surface area contributed by atoms with Crippen LogP contribution in [0.15, 0.2) is 12.1 Å². The normalized spacial score (nSPS) is 11.3. The van der Waals surface area contributed by atoms with Gasteiger partial charge < -0.3 is 4.74 Å². The molecule has 1 aromatic carbocycles. The number of ether oxygens (including phenoxy) is 1. The molecule has 1 rings (SSSR count). The fraction of sp³-hybridized carbons (Fsp3) is 0.300. The van der Waals surface area contributed by atoms with Gasteiger partial charge in [-0.05, 0) is 19.1 Å². The summed E-state index contributed by atoms with van der Waals surface area (Å²) in [6.45, 7) is 1.34. The summed E-state index contributed by atoms with van der Waals surface area (Å²) in [6.07, 6.45) is -4.61. The summed E-state index contributed by atoms with van der Waals surface area (Å²) in [7, 11) is 0. The highest BCUT2D eigenvalue weighted by molar-refractivity contribution is 5.76. The summed E-state index contributed by atoms with van der Waals surface area (Å²) in [5, 5.41) is 0. The Morgan fingerprint density at radius 3 is 2.44 bits per heavy atom. The number of hydrogen-bond acceptors (Lipinski definition) is 2. The molecule has 0 fully saturated rings. The zero-order chi connectivity index (χ0) is 12.3.